The van der Waals surface area contributed by atoms with E-state index in [1.807, 2.05) is 18.9 Å². The molecule has 0 spiro atoms. The van der Waals surface area contributed by atoms with Crippen molar-refractivity contribution in [2.24, 2.45) is 0 Å². The molecule has 1 amide bonds. The van der Waals surface area contributed by atoms with Gasteiger partial charge in [-0.3, -0.25) is 9.20 Å². The number of nitrogens with one attached hydrogen (secondary N) is 1. The van der Waals surface area contributed by atoms with E-state index < -0.39 is 15.9 Å². The number of carbonyl (C=O) groups excluding carboxylic acids is 1. The smallest absolute Gasteiger partial charge is 0.283 e. The largest absolute Gasteiger partial charge is 0.370 e. The number of sulfonamides is 1. The topological polar surface area (TPSA) is 83.8 Å². The van der Waals surface area contributed by atoms with Gasteiger partial charge in [0.15, 0.2) is 10.2 Å². The van der Waals surface area contributed by atoms with Crippen molar-refractivity contribution < 1.29 is 13.2 Å². The normalized spacial score (nSPS) is 11.5. The van der Waals surface area contributed by atoms with E-state index in [0.29, 0.717) is 12.2 Å². The number of hydrogen-bond donors (Lipinski definition) is 1. The van der Waals surface area contributed by atoms with Gasteiger partial charge in [-0.05, 0) is 48.9 Å². The van der Waals surface area contributed by atoms with Crippen molar-refractivity contribution >= 4 is 38.9 Å². The Morgan fingerprint density at radius 1 is 1.06 bits per heavy atom. The minimum atomic E-state index is -4.23. The van der Waals surface area contributed by atoms with Crippen LogP contribution in [-0.4, -0.2) is 30.8 Å². The Morgan fingerprint density at radius 2 is 1.75 bits per heavy atom. The fourth-order valence-corrected chi connectivity index (χ4v) is 4.96. The highest BCUT2D eigenvalue weighted by atomic mass is 35.5. The molecule has 2 aromatic heterocycles. The number of fused-ring (bicyclic) bond motifs is 1. The number of pyridine rings is 1. The van der Waals surface area contributed by atoms with Crippen LogP contribution in [0.1, 0.15) is 21.5 Å². The SMILES string of the molecule is Cc1ccc(CN(C)c2ccc(C(=O)NS(=O)(=O)c3c(Cl)nc4ccccn34)cc2)cc1. The minimum Gasteiger partial charge on any atom is -0.370 e. The van der Waals surface area contributed by atoms with E-state index >= 15 is 0 Å². The summed E-state index contributed by atoms with van der Waals surface area (Å²) in [5.74, 6) is -0.750. The van der Waals surface area contributed by atoms with Crippen LogP contribution in [0.25, 0.3) is 5.65 Å². The van der Waals surface area contributed by atoms with Crippen LogP contribution in [0.5, 0.6) is 0 Å². The number of hydrogen-bond acceptors (Lipinski definition) is 5. The summed E-state index contributed by atoms with van der Waals surface area (Å²) in [4.78, 5) is 18.7. The predicted molar refractivity (Wildman–Crippen MR) is 125 cm³/mol. The van der Waals surface area contributed by atoms with E-state index in [-0.39, 0.29) is 15.7 Å². The molecular weight excluding hydrogens is 448 g/mol. The third-order valence-corrected chi connectivity index (χ3v) is 6.77. The van der Waals surface area contributed by atoms with Gasteiger partial charge in [-0.2, -0.15) is 8.42 Å². The molecule has 9 heteroatoms. The third kappa shape index (κ3) is 4.46. The molecule has 0 saturated carbocycles. The molecule has 0 atom stereocenters. The molecule has 7 nitrogen and oxygen atoms in total. The van der Waals surface area contributed by atoms with Crippen molar-refractivity contribution in [3.8, 4) is 0 Å². The van der Waals surface area contributed by atoms with Crippen LogP contribution in [-0.2, 0) is 16.6 Å². The van der Waals surface area contributed by atoms with Crippen LogP contribution in [0.4, 0.5) is 5.69 Å². The summed E-state index contributed by atoms with van der Waals surface area (Å²) in [6.07, 6.45) is 1.52. The Balaban J connectivity index is 1.50. The number of rotatable bonds is 6. The maximum absolute atomic E-state index is 12.8. The lowest BCUT2D eigenvalue weighted by molar-refractivity contribution is 0.0981. The predicted octanol–water partition coefficient (Wildman–Crippen LogP) is 4.05. The summed E-state index contributed by atoms with van der Waals surface area (Å²) in [6.45, 7) is 2.74. The molecule has 2 aromatic carbocycles. The van der Waals surface area contributed by atoms with Gasteiger partial charge in [-0.1, -0.05) is 47.5 Å². The molecule has 0 aliphatic heterocycles. The molecule has 2 heterocycles. The van der Waals surface area contributed by atoms with E-state index in [1.165, 1.54) is 16.2 Å². The summed E-state index contributed by atoms with van der Waals surface area (Å²) in [7, 11) is -2.28. The van der Waals surface area contributed by atoms with Gasteiger partial charge in [0.25, 0.3) is 15.9 Å². The number of anilines is 1. The first kappa shape index (κ1) is 21.9. The average molecular weight is 469 g/mol. The second-order valence-electron chi connectivity index (χ2n) is 7.46. The van der Waals surface area contributed by atoms with Crippen LogP contribution >= 0.6 is 11.6 Å². The first-order valence-corrected chi connectivity index (χ1v) is 11.7. The zero-order chi connectivity index (χ0) is 22.9. The first-order chi connectivity index (χ1) is 15.2. The van der Waals surface area contributed by atoms with Crippen molar-refractivity contribution in [1.82, 2.24) is 14.1 Å². The number of amides is 1. The van der Waals surface area contributed by atoms with E-state index in [1.54, 1.807) is 42.5 Å². The Morgan fingerprint density at radius 3 is 2.44 bits per heavy atom. The highest BCUT2D eigenvalue weighted by molar-refractivity contribution is 7.90. The summed E-state index contributed by atoms with van der Waals surface area (Å²) >= 11 is 6.04. The van der Waals surface area contributed by atoms with Gasteiger partial charge in [-0.15, -0.1) is 0 Å². The molecule has 4 aromatic rings. The fourth-order valence-electron chi connectivity index (χ4n) is 3.34. The molecule has 0 aliphatic carbocycles. The highest BCUT2D eigenvalue weighted by Crippen LogP contribution is 2.23. The van der Waals surface area contributed by atoms with E-state index in [2.05, 4.69) is 34.0 Å². The first-order valence-electron chi connectivity index (χ1n) is 9.81. The van der Waals surface area contributed by atoms with Crippen LogP contribution in [0.2, 0.25) is 5.15 Å². The maximum atomic E-state index is 12.8. The van der Waals surface area contributed by atoms with Crippen molar-refractivity contribution in [3.05, 3.63) is 94.8 Å². The van der Waals surface area contributed by atoms with Crippen molar-refractivity contribution in [2.45, 2.75) is 18.5 Å². The molecule has 0 aliphatic rings. The number of aryl methyl sites for hydroxylation is 1. The number of aromatic nitrogens is 2. The summed E-state index contributed by atoms with van der Waals surface area (Å²) in [5.41, 5.74) is 3.84. The van der Waals surface area contributed by atoms with Gasteiger partial charge in [0.2, 0.25) is 0 Å². The molecule has 0 bridgehead atoms. The zero-order valence-corrected chi connectivity index (χ0v) is 19.1. The second kappa shape index (κ2) is 8.64. The van der Waals surface area contributed by atoms with Crippen LogP contribution in [0, 0.1) is 6.92 Å². The van der Waals surface area contributed by atoms with E-state index in [0.717, 1.165) is 11.3 Å². The summed E-state index contributed by atoms with van der Waals surface area (Å²) in [5, 5.41) is -0.484. The molecule has 0 unspecified atom stereocenters. The number of imidazole rings is 1. The Bertz CT molecular complexity index is 1380. The minimum absolute atomic E-state index is 0.204. The maximum Gasteiger partial charge on any atom is 0.283 e. The molecule has 0 radical (unpaired) electrons. The zero-order valence-electron chi connectivity index (χ0n) is 17.5. The molecule has 164 valence electrons. The van der Waals surface area contributed by atoms with Crippen molar-refractivity contribution in [3.63, 3.8) is 0 Å². The molecule has 32 heavy (non-hydrogen) atoms. The van der Waals surface area contributed by atoms with Gasteiger partial charge < -0.3 is 4.90 Å². The quantitative estimate of drug-likeness (QED) is 0.461. The number of benzene rings is 2. The fraction of sp³-hybridized carbons (Fsp3) is 0.130. The Hall–Kier alpha value is -3.36. The number of halogens is 1. The van der Waals surface area contributed by atoms with E-state index in [9.17, 15) is 13.2 Å². The highest BCUT2D eigenvalue weighted by Gasteiger charge is 2.26. The van der Waals surface area contributed by atoms with Crippen LogP contribution < -0.4 is 9.62 Å². The standard InChI is InChI=1S/C23H21ClN4O3S/c1-16-6-8-17(9-7-16)15-27(2)19-12-10-18(11-13-19)22(29)26-32(30,31)23-21(24)25-20-5-3-4-14-28(20)23/h3-14H,15H2,1-2H3,(H,26,29). The Labute approximate surface area is 191 Å². The van der Waals surface area contributed by atoms with Gasteiger partial charge in [0.1, 0.15) is 5.65 Å². The van der Waals surface area contributed by atoms with E-state index in [4.69, 9.17) is 11.6 Å². The van der Waals surface area contributed by atoms with Crippen LogP contribution in [0.3, 0.4) is 0 Å². The lowest BCUT2D eigenvalue weighted by atomic mass is 10.1. The van der Waals surface area contributed by atoms with Gasteiger partial charge in [-0.25, -0.2) is 9.71 Å². The lowest BCUT2D eigenvalue weighted by Gasteiger charge is -2.20. The summed E-state index contributed by atoms with van der Waals surface area (Å²) in [6, 6.07) is 20.0. The van der Waals surface area contributed by atoms with Crippen LogP contribution in [0.15, 0.2) is 78.0 Å². The number of nitrogens with zero attached hydrogens (tertiary/aromatic N) is 3. The molecule has 0 saturated heterocycles. The lowest BCUT2D eigenvalue weighted by Crippen LogP contribution is -2.31. The van der Waals surface area contributed by atoms with Crippen molar-refractivity contribution in [2.75, 3.05) is 11.9 Å². The number of carbonyl (C=O) groups is 1. The summed E-state index contributed by atoms with van der Waals surface area (Å²) < 4.78 is 29.1. The molecule has 0 fully saturated rings. The van der Waals surface area contributed by atoms with Gasteiger partial charge >= 0.3 is 0 Å². The molecule has 1 N–H and O–H groups in total. The molecule has 4 rings (SSSR count). The Kier molecular flexibility index (Phi) is 5.90. The van der Waals surface area contributed by atoms with Gasteiger partial charge in [0, 0.05) is 31.0 Å². The van der Waals surface area contributed by atoms with Crippen molar-refractivity contribution in [1.29, 1.82) is 0 Å². The average Bonchev–Trinajstić information content (AvgIpc) is 3.11. The second-order valence-corrected chi connectivity index (χ2v) is 9.42. The molecular formula is C23H21ClN4O3S. The monoisotopic (exact) mass is 468 g/mol. The van der Waals surface area contributed by atoms with Gasteiger partial charge in [0.05, 0.1) is 0 Å². The third-order valence-electron chi connectivity index (χ3n) is 5.04.